The monoisotopic (exact) mass is 293 g/mol. The van der Waals surface area contributed by atoms with Gasteiger partial charge in [-0.05, 0) is 26.2 Å². The molecule has 0 saturated carbocycles. The van der Waals surface area contributed by atoms with Crippen molar-refractivity contribution in [2.75, 3.05) is 0 Å². The maximum absolute atomic E-state index is 12.1. The Bertz CT molecular complexity index is 414. The highest BCUT2D eigenvalue weighted by Crippen LogP contribution is 2.14. The first kappa shape index (κ1) is 17.9. The van der Waals surface area contributed by atoms with E-state index in [-0.39, 0.29) is 12.5 Å². The Hall–Kier alpha value is -1.11. The molecule has 0 rings (SSSR count). The standard InChI is InChI=1S/C12H23NO5S/c1-5-9(6-2)13-11(14)8(4)19(17,18)10(7-3)12(15)16/h8-10H,5-7H2,1-4H3,(H,13,14)(H,15,16). The first-order chi connectivity index (χ1) is 8.72. The number of carboxylic acid groups (broad SMARTS) is 1. The Morgan fingerprint density at radius 3 is 1.89 bits per heavy atom. The molecule has 0 heterocycles. The van der Waals surface area contributed by atoms with Crippen molar-refractivity contribution < 1.29 is 23.1 Å². The van der Waals surface area contributed by atoms with Gasteiger partial charge in [0.2, 0.25) is 5.91 Å². The Morgan fingerprint density at radius 2 is 1.58 bits per heavy atom. The SMILES string of the molecule is CCC(CC)NC(=O)C(C)S(=O)(=O)C(CC)C(=O)O. The van der Waals surface area contributed by atoms with Gasteiger partial charge >= 0.3 is 5.97 Å². The van der Waals surface area contributed by atoms with Crippen LogP contribution in [0, 0.1) is 0 Å². The number of rotatable bonds is 8. The van der Waals surface area contributed by atoms with Gasteiger partial charge in [-0.15, -0.1) is 0 Å². The zero-order valence-electron chi connectivity index (χ0n) is 11.8. The van der Waals surface area contributed by atoms with Crippen molar-refractivity contribution in [3.8, 4) is 0 Å². The summed E-state index contributed by atoms with van der Waals surface area (Å²) in [5, 5.41) is 8.65. The van der Waals surface area contributed by atoms with Gasteiger partial charge in [0.1, 0.15) is 5.25 Å². The smallest absolute Gasteiger partial charge is 0.321 e. The number of hydrogen-bond acceptors (Lipinski definition) is 4. The molecule has 1 amide bonds. The highest BCUT2D eigenvalue weighted by atomic mass is 32.2. The average Bonchev–Trinajstić information content (AvgIpc) is 2.34. The lowest BCUT2D eigenvalue weighted by atomic mass is 10.2. The summed E-state index contributed by atoms with van der Waals surface area (Å²) in [6.45, 7) is 6.49. The Morgan fingerprint density at radius 1 is 1.11 bits per heavy atom. The van der Waals surface area contributed by atoms with Crippen LogP contribution < -0.4 is 5.32 Å². The van der Waals surface area contributed by atoms with Crippen molar-refractivity contribution in [1.29, 1.82) is 0 Å². The largest absolute Gasteiger partial charge is 0.480 e. The third kappa shape index (κ3) is 4.49. The second kappa shape index (κ2) is 7.47. The topological polar surface area (TPSA) is 101 Å². The summed E-state index contributed by atoms with van der Waals surface area (Å²) in [7, 11) is -4.02. The highest BCUT2D eigenvalue weighted by Gasteiger charge is 2.39. The minimum Gasteiger partial charge on any atom is -0.480 e. The highest BCUT2D eigenvalue weighted by molar-refractivity contribution is 7.94. The maximum Gasteiger partial charge on any atom is 0.321 e. The molecule has 2 N–H and O–H groups in total. The molecule has 0 aromatic heterocycles. The number of aliphatic carboxylic acids is 1. The predicted molar refractivity (Wildman–Crippen MR) is 72.6 cm³/mol. The number of carbonyl (C=O) groups excluding carboxylic acids is 1. The molecule has 0 aromatic rings. The van der Waals surface area contributed by atoms with E-state index in [2.05, 4.69) is 5.32 Å². The lowest BCUT2D eigenvalue weighted by Crippen LogP contribution is -2.47. The normalized spacial score (nSPS) is 15.0. The lowest BCUT2D eigenvalue weighted by molar-refractivity contribution is -0.136. The molecule has 0 spiro atoms. The third-order valence-electron chi connectivity index (χ3n) is 3.24. The van der Waals surface area contributed by atoms with Crippen LogP contribution in [-0.4, -0.2) is 41.9 Å². The van der Waals surface area contributed by atoms with Crippen LogP contribution in [0.3, 0.4) is 0 Å². The van der Waals surface area contributed by atoms with Gasteiger partial charge in [-0.2, -0.15) is 0 Å². The maximum atomic E-state index is 12.1. The van der Waals surface area contributed by atoms with Crippen molar-refractivity contribution in [3.63, 3.8) is 0 Å². The summed E-state index contributed by atoms with van der Waals surface area (Å²) in [6, 6.07) is -0.0879. The average molecular weight is 293 g/mol. The second-order valence-electron chi connectivity index (χ2n) is 4.49. The van der Waals surface area contributed by atoms with Crippen LogP contribution >= 0.6 is 0 Å². The molecule has 2 unspecified atom stereocenters. The molecular weight excluding hydrogens is 270 g/mol. The summed E-state index contributed by atoms with van der Waals surface area (Å²) in [4.78, 5) is 22.8. The lowest BCUT2D eigenvalue weighted by Gasteiger charge is -2.21. The first-order valence-electron chi connectivity index (χ1n) is 6.48. The van der Waals surface area contributed by atoms with Gasteiger partial charge in [0.25, 0.3) is 0 Å². The fourth-order valence-electron chi connectivity index (χ4n) is 1.75. The van der Waals surface area contributed by atoms with Crippen LogP contribution in [0.25, 0.3) is 0 Å². The van der Waals surface area contributed by atoms with E-state index in [0.29, 0.717) is 12.8 Å². The summed E-state index contributed by atoms with van der Waals surface area (Å²) >= 11 is 0. The second-order valence-corrected chi connectivity index (χ2v) is 6.94. The number of hydrogen-bond donors (Lipinski definition) is 2. The minimum absolute atomic E-state index is 0.0553. The number of amides is 1. The molecule has 0 saturated heterocycles. The predicted octanol–water partition coefficient (Wildman–Crippen LogP) is 0.958. The fourth-order valence-corrected chi connectivity index (χ4v) is 3.36. The van der Waals surface area contributed by atoms with Crippen LogP contribution in [0.5, 0.6) is 0 Å². The summed E-state index contributed by atoms with van der Waals surface area (Å²) in [6.07, 6.45) is 1.34. The first-order valence-corrected chi connectivity index (χ1v) is 8.09. The van der Waals surface area contributed by atoms with Gasteiger partial charge in [0, 0.05) is 6.04 Å². The molecule has 0 fully saturated rings. The molecule has 0 aliphatic carbocycles. The number of carbonyl (C=O) groups is 2. The van der Waals surface area contributed by atoms with E-state index in [1.165, 1.54) is 13.8 Å². The van der Waals surface area contributed by atoms with Crippen molar-refractivity contribution in [1.82, 2.24) is 5.32 Å². The molecule has 6 nitrogen and oxygen atoms in total. The quantitative estimate of drug-likeness (QED) is 0.694. The number of sulfone groups is 1. The van der Waals surface area contributed by atoms with Crippen molar-refractivity contribution >= 4 is 21.7 Å². The molecule has 0 aliphatic heterocycles. The number of carboxylic acids is 1. The van der Waals surface area contributed by atoms with Gasteiger partial charge in [-0.3, -0.25) is 9.59 Å². The van der Waals surface area contributed by atoms with Crippen LogP contribution in [-0.2, 0) is 19.4 Å². The van der Waals surface area contributed by atoms with Gasteiger partial charge < -0.3 is 10.4 Å². The van der Waals surface area contributed by atoms with Crippen LogP contribution in [0.2, 0.25) is 0 Å². The van der Waals surface area contributed by atoms with Gasteiger partial charge in [-0.1, -0.05) is 20.8 Å². The van der Waals surface area contributed by atoms with Gasteiger partial charge in [0.15, 0.2) is 15.1 Å². The molecule has 0 radical (unpaired) electrons. The number of nitrogens with one attached hydrogen (secondary N) is 1. The zero-order chi connectivity index (χ0) is 15.2. The van der Waals surface area contributed by atoms with E-state index in [1.54, 1.807) is 0 Å². The molecule has 0 bridgehead atoms. The van der Waals surface area contributed by atoms with E-state index in [4.69, 9.17) is 5.11 Å². The summed E-state index contributed by atoms with van der Waals surface area (Å²) < 4.78 is 24.1. The molecular formula is C12H23NO5S. The third-order valence-corrected chi connectivity index (χ3v) is 5.76. The molecule has 0 aliphatic rings. The van der Waals surface area contributed by atoms with E-state index in [0.717, 1.165) is 0 Å². The van der Waals surface area contributed by atoms with Crippen molar-refractivity contribution in [2.24, 2.45) is 0 Å². The minimum atomic E-state index is -4.02. The Kier molecular flexibility index (Phi) is 7.04. The zero-order valence-corrected chi connectivity index (χ0v) is 12.7. The fraction of sp³-hybridized carbons (Fsp3) is 0.833. The van der Waals surface area contributed by atoms with Gasteiger partial charge in [-0.25, -0.2) is 8.42 Å². The van der Waals surface area contributed by atoms with E-state index >= 15 is 0 Å². The summed E-state index contributed by atoms with van der Waals surface area (Å²) in [5.41, 5.74) is 0. The van der Waals surface area contributed by atoms with E-state index in [1.807, 2.05) is 13.8 Å². The van der Waals surface area contributed by atoms with Crippen LogP contribution in [0.15, 0.2) is 0 Å². The molecule has 2 atom stereocenters. The summed E-state index contributed by atoms with van der Waals surface area (Å²) in [5.74, 6) is -2.04. The van der Waals surface area contributed by atoms with Gasteiger partial charge in [0.05, 0.1) is 0 Å². The molecule has 0 aromatic carbocycles. The van der Waals surface area contributed by atoms with E-state index < -0.39 is 32.2 Å². The Labute approximate surface area is 114 Å². The Balaban J connectivity index is 5.03. The van der Waals surface area contributed by atoms with Crippen LogP contribution in [0.4, 0.5) is 0 Å². The molecule has 112 valence electrons. The van der Waals surface area contributed by atoms with Crippen LogP contribution in [0.1, 0.15) is 47.0 Å². The molecule has 19 heavy (non-hydrogen) atoms. The van der Waals surface area contributed by atoms with Crippen molar-refractivity contribution in [3.05, 3.63) is 0 Å². The van der Waals surface area contributed by atoms with Crippen molar-refractivity contribution in [2.45, 2.75) is 63.5 Å². The van der Waals surface area contributed by atoms with E-state index in [9.17, 15) is 18.0 Å². The molecule has 7 heteroatoms.